The summed E-state index contributed by atoms with van der Waals surface area (Å²) in [5.41, 5.74) is 8.25. The predicted octanol–water partition coefficient (Wildman–Crippen LogP) is 5.67. The first-order chi connectivity index (χ1) is 13.0. The molecular weight excluding hydrogens is 395 g/mol. The average molecular weight is 414 g/mol. The maximum atomic E-state index is 12.3. The van der Waals surface area contributed by atoms with Gasteiger partial charge in [-0.2, -0.15) is 13.2 Å². The Bertz CT molecular complexity index is 912. The van der Waals surface area contributed by atoms with Crippen molar-refractivity contribution in [1.82, 2.24) is 0 Å². The Morgan fingerprint density at radius 2 is 1.96 bits per heavy atom. The van der Waals surface area contributed by atoms with E-state index in [-0.39, 0.29) is 16.2 Å². The molecule has 0 unspecified atom stereocenters. The molecule has 0 fully saturated rings. The van der Waals surface area contributed by atoms with Crippen LogP contribution in [0.25, 0.3) is 11.1 Å². The van der Waals surface area contributed by atoms with Crippen molar-refractivity contribution in [3.05, 3.63) is 52.5 Å². The van der Waals surface area contributed by atoms with E-state index < -0.39 is 25.0 Å². The predicted molar refractivity (Wildman–Crippen MR) is 99.3 cm³/mol. The number of benzene rings is 2. The van der Waals surface area contributed by atoms with E-state index in [4.69, 9.17) is 26.8 Å². The number of carbonyl (C=O) groups is 1. The molecule has 3 rings (SSSR count). The van der Waals surface area contributed by atoms with Crippen LogP contribution in [0, 0.1) is 5.41 Å². The Labute approximate surface area is 165 Å². The first-order valence-electron chi connectivity index (χ1n) is 8.55. The fourth-order valence-corrected chi connectivity index (χ4v) is 3.79. The van der Waals surface area contributed by atoms with E-state index in [0.29, 0.717) is 12.0 Å². The summed E-state index contributed by atoms with van der Waals surface area (Å²) in [6.45, 7) is 2.60. The van der Waals surface area contributed by atoms with Crippen molar-refractivity contribution >= 4 is 17.7 Å². The molecule has 0 heterocycles. The molecule has 1 amide bonds. The monoisotopic (exact) mass is 413 g/mol. The van der Waals surface area contributed by atoms with E-state index in [1.54, 1.807) is 6.07 Å². The van der Waals surface area contributed by atoms with Gasteiger partial charge in [0, 0.05) is 11.0 Å². The molecule has 0 saturated heterocycles. The largest absolute Gasteiger partial charge is 0.484 e. The van der Waals surface area contributed by atoms with Crippen LogP contribution in [0.3, 0.4) is 0 Å². The van der Waals surface area contributed by atoms with Crippen molar-refractivity contribution in [2.24, 2.45) is 11.1 Å². The third kappa shape index (κ3) is 4.35. The van der Waals surface area contributed by atoms with Crippen LogP contribution >= 0.6 is 11.6 Å². The Morgan fingerprint density at radius 3 is 2.57 bits per heavy atom. The van der Waals surface area contributed by atoms with Crippen LogP contribution in [0.15, 0.2) is 36.4 Å². The third-order valence-electron chi connectivity index (χ3n) is 4.67. The van der Waals surface area contributed by atoms with Gasteiger partial charge in [0.05, 0.1) is 5.02 Å². The Kier molecular flexibility index (Phi) is 5.23. The number of amides is 1. The van der Waals surface area contributed by atoms with Gasteiger partial charge < -0.3 is 15.2 Å². The maximum Gasteiger partial charge on any atom is 0.422 e. The Hall–Kier alpha value is -2.41. The minimum absolute atomic E-state index is 0.0447. The zero-order valence-corrected chi connectivity index (χ0v) is 16.0. The molecule has 1 aliphatic rings. The highest BCUT2D eigenvalue weighted by Crippen LogP contribution is 2.48. The third-order valence-corrected chi connectivity index (χ3v) is 4.98. The number of rotatable bonds is 4. The fraction of sp³-hybridized carbons (Fsp3) is 0.350. The summed E-state index contributed by atoms with van der Waals surface area (Å²) in [6, 6.07) is 10.1. The van der Waals surface area contributed by atoms with Crippen LogP contribution in [0.1, 0.15) is 31.1 Å². The van der Waals surface area contributed by atoms with Crippen LogP contribution in [0.2, 0.25) is 5.02 Å². The van der Waals surface area contributed by atoms with Gasteiger partial charge in [-0.3, -0.25) is 0 Å². The number of hydrogen-bond acceptors (Lipinski definition) is 3. The number of nitrogens with two attached hydrogens (primary N) is 1. The summed E-state index contributed by atoms with van der Waals surface area (Å²) in [6.07, 6.45) is -5.00. The maximum absolute atomic E-state index is 12.3. The highest BCUT2D eigenvalue weighted by molar-refractivity contribution is 6.33. The summed E-state index contributed by atoms with van der Waals surface area (Å²) >= 11 is 6.27. The molecule has 0 aliphatic heterocycles. The van der Waals surface area contributed by atoms with Gasteiger partial charge in [0.25, 0.3) is 0 Å². The van der Waals surface area contributed by atoms with E-state index in [1.807, 2.05) is 32.0 Å². The van der Waals surface area contributed by atoms with Crippen molar-refractivity contribution in [2.45, 2.75) is 32.5 Å². The summed E-state index contributed by atoms with van der Waals surface area (Å²) in [5, 5.41) is 0.279. The van der Waals surface area contributed by atoms with E-state index >= 15 is 0 Å². The minimum Gasteiger partial charge on any atom is -0.484 e. The summed E-state index contributed by atoms with van der Waals surface area (Å²) < 4.78 is 46.9. The van der Waals surface area contributed by atoms with Gasteiger partial charge in [-0.05, 0) is 41.3 Å². The van der Waals surface area contributed by atoms with Crippen molar-refractivity contribution in [1.29, 1.82) is 0 Å². The van der Waals surface area contributed by atoms with Gasteiger partial charge >= 0.3 is 12.3 Å². The van der Waals surface area contributed by atoms with Gasteiger partial charge in [-0.25, -0.2) is 4.79 Å². The lowest BCUT2D eigenvalue weighted by atomic mass is 9.87. The van der Waals surface area contributed by atoms with Crippen LogP contribution in [-0.4, -0.2) is 18.9 Å². The molecule has 0 radical (unpaired) electrons. The second-order valence-corrected chi connectivity index (χ2v) is 7.85. The van der Waals surface area contributed by atoms with Crippen molar-refractivity contribution in [2.75, 3.05) is 6.61 Å². The van der Waals surface area contributed by atoms with E-state index in [9.17, 15) is 18.0 Å². The zero-order chi connectivity index (χ0) is 20.7. The lowest BCUT2D eigenvalue weighted by molar-refractivity contribution is -0.153. The fourth-order valence-electron chi connectivity index (χ4n) is 3.51. The molecule has 28 heavy (non-hydrogen) atoms. The number of ether oxygens (including phenoxy) is 2. The molecule has 2 aromatic rings. The molecule has 0 aromatic heterocycles. The average Bonchev–Trinajstić information content (AvgIpc) is 2.81. The zero-order valence-electron chi connectivity index (χ0n) is 15.3. The molecule has 1 atom stereocenters. The van der Waals surface area contributed by atoms with E-state index in [1.165, 1.54) is 12.1 Å². The number of fused-ring (bicyclic) bond motifs is 1. The first-order valence-corrected chi connectivity index (χ1v) is 8.92. The second-order valence-electron chi connectivity index (χ2n) is 7.44. The topological polar surface area (TPSA) is 61.6 Å². The smallest absolute Gasteiger partial charge is 0.422 e. The summed E-state index contributed by atoms with van der Waals surface area (Å²) in [7, 11) is 0. The number of carbonyl (C=O) groups excluding carboxylic acids is 1. The van der Waals surface area contributed by atoms with Crippen LogP contribution in [-0.2, 0) is 11.2 Å². The number of halogens is 4. The Morgan fingerprint density at radius 1 is 1.25 bits per heavy atom. The first kappa shape index (κ1) is 20.3. The normalized spacial score (nSPS) is 17.9. The summed E-state index contributed by atoms with van der Waals surface area (Å²) in [5.74, 6) is 0.0447. The van der Waals surface area contributed by atoms with E-state index in [0.717, 1.165) is 16.7 Å². The highest BCUT2D eigenvalue weighted by Gasteiger charge is 2.41. The molecule has 150 valence electrons. The Balaban J connectivity index is 1.87. The van der Waals surface area contributed by atoms with Gasteiger partial charge in [-0.15, -0.1) is 0 Å². The molecular formula is C20H19ClF3NO3. The van der Waals surface area contributed by atoms with E-state index in [2.05, 4.69) is 0 Å². The molecule has 4 nitrogen and oxygen atoms in total. The number of primary amides is 1. The molecule has 2 N–H and O–H groups in total. The van der Waals surface area contributed by atoms with Crippen molar-refractivity contribution in [3.63, 3.8) is 0 Å². The molecule has 0 saturated carbocycles. The SMILES string of the molecule is CC1(C)Cc2cc(-c3ccc(OCC(F)(F)F)cc3Cl)ccc2[C@@H]1OC(N)=O. The van der Waals surface area contributed by atoms with Crippen molar-refractivity contribution in [3.8, 4) is 16.9 Å². The molecule has 8 heteroatoms. The molecule has 2 aromatic carbocycles. The van der Waals surface area contributed by atoms with Gasteiger partial charge in [-0.1, -0.05) is 43.6 Å². The highest BCUT2D eigenvalue weighted by atomic mass is 35.5. The van der Waals surface area contributed by atoms with Crippen LogP contribution in [0.4, 0.5) is 18.0 Å². The van der Waals surface area contributed by atoms with Gasteiger partial charge in [0.15, 0.2) is 6.61 Å². The second kappa shape index (κ2) is 7.20. The lowest BCUT2D eigenvalue weighted by Crippen LogP contribution is -2.25. The lowest BCUT2D eigenvalue weighted by Gasteiger charge is -2.26. The molecule has 0 bridgehead atoms. The molecule has 0 spiro atoms. The van der Waals surface area contributed by atoms with Crippen molar-refractivity contribution < 1.29 is 27.4 Å². The summed E-state index contributed by atoms with van der Waals surface area (Å²) in [4.78, 5) is 11.2. The minimum atomic E-state index is -4.42. The van der Waals surface area contributed by atoms with Gasteiger partial charge in [0.2, 0.25) is 0 Å². The number of alkyl halides is 3. The van der Waals surface area contributed by atoms with Crippen LogP contribution < -0.4 is 10.5 Å². The van der Waals surface area contributed by atoms with Crippen LogP contribution in [0.5, 0.6) is 5.75 Å². The quantitative estimate of drug-likeness (QED) is 0.702. The standard InChI is InChI=1S/C20H19ClF3NO3/c1-19(2)9-12-7-11(3-5-15(12)17(19)28-18(25)26)14-6-4-13(8-16(14)21)27-10-20(22,23)24/h3-8,17H,9-10H2,1-2H3,(H2,25,26)/t17-/m0/s1. The molecule has 1 aliphatic carbocycles. The van der Waals surface area contributed by atoms with Gasteiger partial charge in [0.1, 0.15) is 11.9 Å². The number of hydrogen-bond donors (Lipinski definition) is 1.